The lowest BCUT2D eigenvalue weighted by molar-refractivity contribution is -0.125. The summed E-state index contributed by atoms with van der Waals surface area (Å²) in [4.78, 5) is 22.2. The van der Waals surface area contributed by atoms with Crippen LogP contribution in [0.5, 0.6) is 0 Å². The number of carbonyl (C=O) groups excluding carboxylic acids is 2. The van der Waals surface area contributed by atoms with Gasteiger partial charge in [-0.25, -0.2) is 0 Å². The quantitative estimate of drug-likeness (QED) is 0.735. The van der Waals surface area contributed by atoms with Gasteiger partial charge in [-0.3, -0.25) is 9.59 Å². The first-order valence-corrected chi connectivity index (χ1v) is 5.89. The van der Waals surface area contributed by atoms with Crippen LogP contribution in [0.25, 0.3) is 0 Å². The Bertz CT molecular complexity index is 415. The van der Waals surface area contributed by atoms with E-state index in [1.54, 1.807) is 0 Å². The van der Waals surface area contributed by atoms with Crippen LogP contribution in [0.3, 0.4) is 0 Å². The normalized spacial score (nSPS) is 9.22. The van der Waals surface area contributed by atoms with Gasteiger partial charge in [0.15, 0.2) is 0 Å². The van der Waals surface area contributed by atoms with Gasteiger partial charge in [-0.1, -0.05) is 34.1 Å². The highest BCUT2D eigenvalue weighted by molar-refractivity contribution is 9.10. The van der Waals surface area contributed by atoms with Crippen molar-refractivity contribution in [3.05, 3.63) is 34.3 Å². The predicted molar refractivity (Wildman–Crippen MR) is 75.3 cm³/mol. The number of amides is 2. The largest absolute Gasteiger partial charge is 0.350 e. The third-order valence-corrected chi connectivity index (χ3v) is 2.84. The summed E-state index contributed by atoms with van der Waals surface area (Å²) in [5.41, 5.74) is 6.07. The Labute approximate surface area is 120 Å². The molecule has 5 nitrogen and oxygen atoms in total. The molecule has 4 N–H and O–H groups in total. The Balaban J connectivity index is 0.00000289. The van der Waals surface area contributed by atoms with Crippen LogP contribution in [0.15, 0.2) is 28.7 Å². The summed E-state index contributed by atoms with van der Waals surface area (Å²) in [7, 11) is 0. The standard InChI is InChI=1S/C11H14BrN3O2.ClH/c12-9-4-2-1-3-8(9)6-14-11(17)7-15-10(16)5-13;/h1-4H,5-7,13H2,(H,14,17)(H,15,16);1H. The maximum atomic E-state index is 11.4. The highest BCUT2D eigenvalue weighted by Gasteiger charge is 2.04. The maximum absolute atomic E-state index is 11.4. The van der Waals surface area contributed by atoms with E-state index in [4.69, 9.17) is 5.73 Å². The lowest BCUT2D eigenvalue weighted by Gasteiger charge is -2.07. The van der Waals surface area contributed by atoms with Crippen LogP contribution in [-0.4, -0.2) is 24.9 Å². The van der Waals surface area contributed by atoms with Gasteiger partial charge in [-0.05, 0) is 11.6 Å². The second kappa shape index (κ2) is 8.91. The summed E-state index contributed by atoms with van der Waals surface area (Å²) in [6, 6.07) is 7.60. The lowest BCUT2D eigenvalue weighted by atomic mass is 10.2. The van der Waals surface area contributed by atoms with Gasteiger partial charge >= 0.3 is 0 Å². The molecule has 0 heterocycles. The van der Waals surface area contributed by atoms with Crippen molar-refractivity contribution in [1.29, 1.82) is 0 Å². The van der Waals surface area contributed by atoms with Crippen LogP contribution in [0.1, 0.15) is 5.56 Å². The van der Waals surface area contributed by atoms with Gasteiger partial charge in [-0.15, -0.1) is 12.4 Å². The molecule has 18 heavy (non-hydrogen) atoms. The first-order chi connectivity index (χ1) is 8.13. The average Bonchev–Trinajstić information content (AvgIpc) is 2.35. The molecule has 0 fully saturated rings. The van der Waals surface area contributed by atoms with E-state index >= 15 is 0 Å². The molecule has 0 unspecified atom stereocenters. The van der Waals surface area contributed by atoms with Crippen molar-refractivity contribution < 1.29 is 9.59 Å². The van der Waals surface area contributed by atoms with E-state index in [2.05, 4.69) is 26.6 Å². The first-order valence-electron chi connectivity index (χ1n) is 5.10. The molecular formula is C11H15BrClN3O2. The monoisotopic (exact) mass is 335 g/mol. The van der Waals surface area contributed by atoms with Gasteiger partial charge in [0.2, 0.25) is 11.8 Å². The van der Waals surface area contributed by atoms with Gasteiger partial charge in [0, 0.05) is 11.0 Å². The van der Waals surface area contributed by atoms with Gasteiger partial charge in [0.05, 0.1) is 13.1 Å². The van der Waals surface area contributed by atoms with Gasteiger partial charge in [-0.2, -0.15) is 0 Å². The second-order valence-corrected chi connectivity index (χ2v) is 4.20. The zero-order valence-corrected chi connectivity index (χ0v) is 12.0. The SMILES string of the molecule is Cl.NCC(=O)NCC(=O)NCc1ccccc1Br. The average molecular weight is 337 g/mol. The highest BCUT2D eigenvalue weighted by atomic mass is 79.9. The summed E-state index contributed by atoms with van der Waals surface area (Å²) in [5.74, 6) is -0.594. The Morgan fingerprint density at radius 1 is 1.17 bits per heavy atom. The fraction of sp³-hybridized carbons (Fsp3) is 0.273. The van der Waals surface area contributed by atoms with Gasteiger partial charge in [0.1, 0.15) is 0 Å². The molecule has 1 rings (SSSR count). The molecule has 2 amide bonds. The van der Waals surface area contributed by atoms with Gasteiger partial charge in [0.25, 0.3) is 0 Å². The number of carbonyl (C=O) groups is 2. The summed E-state index contributed by atoms with van der Waals surface area (Å²) in [6.45, 7) is 0.247. The van der Waals surface area contributed by atoms with Crippen molar-refractivity contribution >= 4 is 40.2 Å². The molecule has 100 valence electrons. The molecule has 0 aliphatic rings. The van der Waals surface area contributed by atoms with E-state index in [0.29, 0.717) is 6.54 Å². The van der Waals surface area contributed by atoms with E-state index < -0.39 is 0 Å². The van der Waals surface area contributed by atoms with Crippen LogP contribution in [0.4, 0.5) is 0 Å². The molecule has 0 radical (unpaired) electrons. The third-order valence-electron chi connectivity index (χ3n) is 2.07. The molecule has 1 aromatic carbocycles. The van der Waals surface area contributed by atoms with Crippen molar-refractivity contribution in [2.24, 2.45) is 5.73 Å². The van der Waals surface area contributed by atoms with Crippen molar-refractivity contribution in [2.45, 2.75) is 6.54 Å². The number of nitrogens with two attached hydrogens (primary N) is 1. The predicted octanol–water partition coefficient (Wildman–Crippen LogP) is 0.562. The van der Waals surface area contributed by atoms with Crippen molar-refractivity contribution in [2.75, 3.05) is 13.1 Å². The maximum Gasteiger partial charge on any atom is 0.239 e. The summed E-state index contributed by atoms with van der Waals surface area (Å²) in [6.07, 6.45) is 0. The molecule has 7 heteroatoms. The molecule has 0 bridgehead atoms. The summed E-state index contributed by atoms with van der Waals surface area (Å²) in [5, 5.41) is 5.09. The van der Waals surface area contributed by atoms with Crippen LogP contribution >= 0.6 is 28.3 Å². The molecule has 0 aromatic heterocycles. The highest BCUT2D eigenvalue weighted by Crippen LogP contribution is 2.14. The topological polar surface area (TPSA) is 84.2 Å². The zero-order chi connectivity index (χ0) is 12.7. The molecule has 0 saturated carbocycles. The van der Waals surface area contributed by atoms with Crippen LogP contribution in [0, 0.1) is 0 Å². The van der Waals surface area contributed by atoms with E-state index in [-0.39, 0.29) is 37.3 Å². The van der Waals surface area contributed by atoms with Crippen LogP contribution < -0.4 is 16.4 Å². The van der Waals surface area contributed by atoms with E-state index in [1.807, 2.05) is 24.3 Å². The van der Waals surface area contributed by atoms with Crippen molar-refractivity contribution in [1.82, 2.24) is 10.6 Å². The fourth-order valence-corrected chi connectivity index (χ4v) is 1.57. The van der Waals surface area contributed by atoms with Crippen LogP contribution in [0.2, 0.25) is 0 Å². The Hall–Kier alpha value is -1.11. The third kappa shape index (κ3) is 6.00. The lowest BCUT2D eigenvalue weighted by Crippen LogP contribution is -2.39. The second-order valence-electron chi connectivity index (χ2n) is 3.35. The number of halogens is 2. The van der Waals surface area contributed by atoms with E-state index in [0.717, 1.165) is 10.0 Å². The number of benzene rings is 1. The number of hydrogen-bond donors (Lipinski definition) is 3. The summed E-state index contributed by atoms with van der Waals surface area (Å²) >= 11 is 3.38. The van der Waals surface area contributed by atoms with E-state index in [9.17, 15) is 9.59 Å². The molecule has 0 aliphatic heterocycles. The Morgan fingerprint density at radius 2 is 1.83 bits per heavy atom. The Kier molecular flexibility index (Phi) is 8.36. The molecule has 1 aromatic rings. The summed E-state index contributed by atoms with van der Waals surface area (Å²) < 4.78 is 0.936. The number of rotatable bonds is 5. The number of nitrogens with one attached hydrogen (secondary N) is 2. The molecule has 0 saturated heterocycles. The minimum atomic E-state index is -0.346. The first kappa shape index (κ1) is 16.9. The smallest absolute Gasteiger partial charge is 0.239 e. The fourth-order valence-electron chi connectivity index (χ4n) is 1.15. The minimum Gasteiger partial charge on any atom is -0.350 e. The van der Waals surface area contributed by atoms with Gasteiger partial charge < -0.3 is 16.4 Å². The zero-order valence-electron chi connectivity index (χ0n) is 9.61. The molecule has 0 atom stereocenters. The molecular weight excluding hydrogens is 321 g/mol. The van der Waals surface area contributed by atoms with Crippen molar-refractivity contribution in [3.63, 3.8) is 0 Å². The Morgan fingerprint density at radius 3 is 2.44 bits per heavy atom. The minimum absolute atomic E-state index is 0. The van der Waals surface area contributed by atoms with E-state index in [1.165, 1.54) is 0 Å². The number of hydrogen-bond acceptors (Lipinski definition) is 3. The molecule has 0 spiro atoms. The van der Waals surface area contributed by atoms with Crippen LogP contribution in [-0.2, 0) is 16.1 Å². The van der Waals surface area contributed by atoms with Crippen molar-refractivity contribution in [3.8, 4) is 0 Å². The molecule has 0 aliphatic carbocycles.